The van der Waals surface area contributed by atoms with Crippen LogP contribution in [-0.2, 0) is 13.1 Å². The molecule has 2 N–H and O–H groups in total. The van der Waals surface area contributed by atoms with Crippen molar-refractivity contribution in [3.8, 4) is 0 Å². The average molecular weight is 409 g/mol. The molecular weight excluding hydrogens is 380 g/mol. The second kappa shape index (κ2) is 8.44. The van der Waals surface area contributed by atoms with Gasteiger partial charge in [0.15, 0.2) is 0 Å². The third-order valence-corrected chi connectivity index (χ3v) is 5.72. The number of rotatable bonds is 5. The zero-order chi connectivity index (χ0) is 21.3. The molecule has 2 atom stereocenters. The molecule has 0 spiro atoms. The van der Waals surface area contributed by atoms with Crippen molar-refractivity contribution in [3.05, 3.63) is 63.4 Å². The van der Waals surface area contributed by atoms with E-state index in [2.05, 4.69) is 46.2 Å². The topological polar surface area (TPSA) is 91.2 Å². The van der Waals surface area contributed by atoms with Gasteiger partial charge in [-0.15, -0.1) is 0 Å². The van der Waals surface area contributed by atoms with Gasteiger partial charge in [-0.1, -0.05) is 38.1 Å². The van der Waals surface area contributed by atoms with E-state index in [-0.39, 0.29) is 28.1 Å². The largest absolute Gasteiger partial charge is 0.442 e. The van der Waals surface area contributed by atoms with Crippen LogP contribution >= 0.6 is 0 Å². The van der Waals surface area contributed by atoms with Crippen LogP contribution in [0.25, 0.3) is 11.1 Å². The number of aryl methyl sites for hydroxylation is 1. The zero-order valence-corrected chi connectivity index (χ0v) is 17.7. The predicted octanol–water partition coefficient (Wildman–Crippen LogP) is 3.23. The first-order valence-corrected chi connectivity index (χ1v) is 10.5. The summed E-state index contributed by atoms with van der Waals surface area (Å²) in [6.07, 6.45) is 2.57. The molecule has 1 aliphatic rings. The number of hydrogen-bond acceptors (Lipinski definition) is 5. The van der Waals surface area contributed by atoms with Gasteiger partial charge in [0, 0.05) is 26.2 Å². The van der Waals surface area contributed by atoms with Crippen molar-refractivity contribution < 1.29 is 9.21 Å². The van der Waals surface area contributed by atoms with Crippen LogP contribution < -0.4 is 10.9 Å². The molecule has 2 aromatic heterocycles. The van der Waals surface area contributed by atoms with Crippen molar-refractivity contribution in [3.63, 3.8) is 0 Å². The van der Waals surface area contributed by atoms with E-state index in [0.717, 1.165) is 37.0 Å². The Morgan fingerprint density at radius 3 is 2.57 bits per heavy atom. The van der Waals surface area contributed by atoms with E-state index in [1.54, 1.807) is 6.92 Å². The summed E-state index contributed by atoms with van der Waals surface area (Å²) in [6, 6.07) is 8.33. The summed E-state index contributed by atoms with van der Waals surface area (Å²) in [4.78, 5) is 33.8. The molecule has 0 saturated carbocycles. The molecule has 158 valence electrons. The highest BCUT2D eigenvalue weighted by Gasteiger charge is 2.22. The fourth-order valence-electron chi connectivity index (χ4n) is 4.54. The number of furan rings is 1. The molecule has 0 radical (unpaired) electrons. The molecule has 1 fully saturated rings. The lowest BCUT2D eigenvalue weighted by Crippen LogP contribution is -2.38. The van der Waals surface area contributed by atoms with E-state index < -0.39 is 0 Å². The summed E-state index contributed by atoms with van der Waals surface area (Å²) in [7, 11) is 0. The van der Waals surface area contributed by atoms with Gasteiger partial charge in [0.25, 0.3) is 11.5 Å². The van der Waals surface area contributed by atoms with Gasteiger partial charge in [-0.2, -0.15) is 0 Å². The highest BCUT2D eigenvalue weighted by molar-refractivity contribution is 6.06. The van der Waals surface area contributed by atoms with Crippen LogP contribution in [0.1, 0.15) is 47.5 Å². The predicted molar refractivity (Wildman–Crippen MR) is 115 cm³/mol. The molecule has 1 saturated heterocycles. The Labute approximate surface area is 175 Å². The minimum Gasteiger partial charge on any atom is -0.442 e. The van der Waals surface area contributed by atoms with Crippen molar-refractivity contribution >= 4 is 17.0 Å². The third-order valence-electron chi connectivity index (χ3n) is 5.72. The molecule has 3 heterocycles. The summed E-state index contributed by atoms with van der Waals surface area (Å²) in [5.41, 5.74) is 2.31. The summed E-state index contributed by atoms with van der Waals surface area (Å²) in [6.45, 7) is 9.93. The van der Waals surface area contributed by atoms with Crippen molar-refractivity contribution in [1.29, 1.82) is 0 Å². The van der Waals surface area contributed by atoms with Crippen molar-refractivity contribution in [2.45, 2.75) is 40.3 Å². The van der Waals surface area contributed by atoms with Gasteiger partial charge in [-0.25, -0.2) is 4.98 Å². The van der Waals surface area contributed by atoms with Crippen LogP contribution in [-0.4, -0.2) is 33.9 Å². The quantitative estimate of drug-likeness (QED) is 0.676. The van der Waals surface area contributed by atoms with Crippen LogP contribution in [0.5, 0.6) is 0 Å². The zero-order valence-electron chi connectivity index (χ0n) is 17.7. The molecular formula is C23H28N4O3. The number of carbonyl (C=O) groups is 1. The summed E-state index contributed by atoms with van der Waals surface area (Å²) < 4.78 is 5.46. The first-order valence-electron chi connectivity index (χ1n) is 10.5. The molecule has 0 aliphatic carbocycles. The normalized spacial score (nSPS) is 19.8. The van der Waals surface area contributed by atoms with Crippen LogP contribution in [0.2, 0.25) is 0 Å². The van der Waals surface area contributed by atoms with E-state index in [1.807, 2.05) is 12.1 Å². The van der Waals surface area contributed by atoms with Gasteiger partial charge in [0.1, 0.15) is 11.1 Å². The number of nitrogens with zero attached hydrogens (tertiary/aromatic N) is 2. The Bertz CT molecular complexity index is 1090. The first kappa shape index (κ1) is 20.3. The van der Waals surface area contributed by atoms with E-state index in [1.165, 1.54) is 18.3 Å². The van der Waals surface area contributed by atoms with Gasteiger partial charge in [0.2, 0.25) is 5.71 Å². The number of fused-ring (bicyclic) bond motifs is 1. The summed E-state index contributed by atoms with van der Waals surface area (Å²) in [5, 5.41) is 3.07. The van der Waals surface area contributed by atoms with Crippen LogP contribution in [0.3, 0.4) is 0 Å². The molecule has 7 heteroatoms. The second-order valence-electron chi connectivity index (χ2n) is 8.58. The smallest absolute Gasteiger partial charge is 0.262 e. The van der Waals surface area contributed by atoms with Crippen LogP contribution in [0.15, 0.2) is 39.8 Å². The maximum atomic E-state index is 12.7. The molecule has 3 aromatic rings. The molecule has 7 nitrogen and oxygen atoms in total. The Hall–Kier alpha value is -2.93. The fraction of sp³-hybridized carbons (Fsp3) is 0.435. The Morgan fingerprint density at radius 2 is 1.87 bits per heavy atom. The highest BCUT2D eigenvalue weighted by atomic mass is 16.3. The number of aromatic nitrogens is 2. The SMILES string of the molecule is Cc1oc2nc[nH]c(=O)c2c1C(=O)NCc1ccc(CN2CC(C)CC(C)C2)cc1. The molecule has 0 bridgehead atoms. The number of nitrogens with one attached hydrogen (secondary N) is 2. The highest BCUT2D eigenvalue weighted by Crippen LogP contribution is 2.23. The van der Waals surface area contributed by atoms with Crippen molar-refractivity contribution in [1.82, 2.24) is 20.2 Å². The fourth-order valence-corrected chi connectivity index (χ4v) is 4.54. The third kappa shape index (κ3) is 4.31. The van der Waals surface area contributed by atoms with Gasteiger partial charge < -0.3 is 14.7 Å². The maximum Gasteiger partial charge on any atom is 0.262 e. The number of aromatic amines is 1. The van der Waals surface area contributed by atoms with E-state index in [9.17, 15) is 9.59 Å². The number of hydrogen-bond donors (Lipinski definition) is 2. The van der Waals surface area contributed by atoms with Gasteiger partial charge in [-0.3, -0.25) is 14.5 Å². The van der Waals surface area contributed by atoms with E-state index in [4.69, 9.17) is 4.42 Å². The summed E-state index contributed by atoms with van der Waals surface area (Å²) in [5.74, 6) is 1.53. The van der Waals surface area contributed by atoms with Crippen LogP contribution in [0, 0.1) is 18.8 Å². The van der Waals surface area contributed by atoms with Crippen molar-refractivity contribution in [2.24, 2.45) is 11.8 Å². The maximum absolute atomic E-state index is 12.7. The van der Waals surface area contributed by atoms with E-state index >= 15 is 0 Å². The van der Waals surface area contributed by atoms with Gasteiger partial charge >= 0.3 is 0 Å². The lowest BCUT2D eigenvalue weighted by molar-refractivity contribution is 0.0950. The Balaban J connectivity index is 1.39. The standard InChI is InChI=1S/C23H28N4O3/c1-14-8-15(2)11-27(10-14)12-18-6-4-17(5-7-18)9-24-21(28)19-16(3)30-23-20(19)22(29)25-13-26-23/h4-7,13-15H,8-12H2,1-3H3,(H,24,28)(H,25,26,29). The molecule has 1 aromatic carbocycles. The van der Waals surface area contributed by atoms with E-state index in [0.29, 0.717) is 12.3 Å². The lowest BCUT2D eigenvalue weighted by atomic mass is 9.91. The Kier molecular flexibility index (Phi) is 5.72. The molecule has 4 rings (SSSR count). The van der Waals surface area contributed by atoms with Crippen molar-refractivity contribution in [2.75, 3.05) is 13.1 Å². The minimum absolute atomic E-state index is 0.173. The second-order valence-corrected chi connectivity index (χ2v) is 8.58. The molecule has 2 unspecified atom stereocenters. The number of amides is 1. The molecule has 30 heavy (non-hydrogen) atoms. The number of H-pyrrole nitrogens is 1. The molecule has 1 amide bonds. The monoisotopic (exact) mass is 408 g/mol. The number of piperidine rings is 1. The number of benzene rings is 1. The number of carbonyl (C=O) groups excluding carboxylic acids is 1. The van der Waals surface area contributed by atoms with Gasteiger partial charge in [0.05, 0.1) is 11.9 Å². The number of likely N-dealkylation sites (tertiary alicyclic amines) is 1. The minimum atomic E-state index is -0.382. The van der Waals surface area contributed by atoms with Crippen LogP contribution in [0.4, 0.5) is 0 Å². The summed E-state index contributed by atoms with van der Waals surface area (Å²) >= 11 is 0. The Morgan fingerprint density at radius 1 is 1.20 bits per heavy atom. The molecule has 1 aliphatic heterocycles. The van der Waals surface area contributed by atoms with Gasteiger partial charge in [-0.05, 0) is 36.3 Å². The first-order chi connectivity index (χ1) is 14.4. The average Bonchev–Trinajstić information content (AvgIpc) is 3.04. The lowest BCUT2D eigenvalue weighted by Gasteiger charge is -2.35.